The average molecular weight is 344 g/mol. The molecule has 0 unspecified atom stereocenters. The van der Waals surface area contributed by atoms with E-state index in [1.54, 1.807) is 23.5 Å². The van der Waals surface area contributed by atoms with Crippen LogP contribution in [0.2, 0.25) is 0 Å². The standard InChI is InChI=1S/C16H16N4O3S/c1-10-6-8-24-12(10)4-5-13(21)18-9-14-19-15(20-23-14)11-3-2-7-17-16(11)22/h2-3,6-8H,4-5,9H2,1H3,(H,17,22)(H,18,21). The second kappa shape index (κ2) is 7.22. The van der Waals surface area contributed by atoms with Crippen molar-refractivity contribution in [2.45, 2.75) is 26.3 Å². The number of thiophene rings is 1. The van der Waals surface area contributed by atoms with Crippen LogP contribution < -0.4 is 10.9 Å². The van der Waals surface area contributed by atoms with E-state index >= 15 is 0 Å². The molecule has 0 aliphatic heterocycles. The van der Waals surface area contributed by atoms with Crippen LogP contribution in [0.15, 0.2) is 39.1 Å². The highest BCUT2D eigenvalue weighted by Crippen LogP contribution is 2.17. The van der Waals surface area contributed by atoms with Gasteiger partial charge in [-0.05, 0) is 42.5 Å². The van der Waals surface area contributed by atoms with E-state index < -0.39 is 0 Å². The molecule has 24 heavy (non-hydrogen) atoms. The van der Waals surface area contributed by atoms with Crippen molar-refractivity contribution in [3.63, 3.8) is 0 Å². The molecule has 0 aromatic carbocycles. The van der Waals surface area contributed by atoms with Gasteiger partial charge in [-0.3, -0.25) is 9.59 Å². The summed E-state index contributed by atoms with van der Waals surface area (Å²) < 4.78 is 5.07. The lowest BCUT2D eigenvalue weighted by atomic mass is 10.2. The Labute approximate surface area is 141 Å². The Bertz CT molecular complexity index is 896. The molecule has 0 aliphatic rings. The van der Waals surface area contributed by atoms with E-state index in [1.165, 1.54) is 16.6 Å². The van der Waals surface area contributed by atoms with Crippen molar-refractivity contribution in [3.8, 4) is 11.4 Å². The molecule has 0 atom stereocenters. The quantitative estimate of drug-likeness (QED) is 0.713. The zero-order chi connectivity index (χ0) is 16.9. The Morgan fingerprint density at radius 2 is 2.29 bits per heavy atom. The van der Waals surface area contributed by atoms with Crippen LogP contribution in [-0.2, 0) is 17.8 Å². The van der Waals surface area contributed by atoms with Gasteiger partial charge in [0.15, 0.2) is 0 Å². The molecule has 0 saturated carbocycles. The van der Waals surface area contributed by atoms with Gasteiger partial charge in [0.2, 0.25) is 17.6 Å². The van der Waals surface area contributed by atoms with Gasteiger partial charge in [0.1, 0.15) is 0 Å². The molecular weight excluding hydrogens is 328 g/mol. The molecule has 3 aromatic heterocycles. The fourth-order valence-electron chi connectivity index (χ4n) is 2.18. The summed E-state index contributed by atoms with van der Waals surface area (Å²) in [5.74, 6) is 0.379. The number of carbonyl (C=O) groups is 1. The summed E-state index contributed by atoms with van der Waals surface area (Å²) in [6.07, 6.45) is 2.65. The van der Waals surface area contributed by atoms with Crippen LogP contribution in [0, 0.1) is 6.92 Å². The van der Waals surface area contributed by atoms with Crippen LogP contribution in [0.4, 0.5) is 0 Å². The molecule has 0 aliphatic carbocycles. The Morgan fingerprint density at radius 1 is 1.42 bits per heavy atom. The molecule has 0 saturated heterocycles. The zero-order valence-corrected chi connectivity index (χ0v) is 13.9. The molecule has 124 valence electrons. The number of nitrogens with zero attached hydrogens (tertiary/aromatic N) is 2. The number of aromatic amines is 1. The molecule has 2 N–H and O–H groups in total. The fraction of sp³-hybridized carbons (Fsp3) is 0.250. The van der Waals surface area contributed by atoms with Gasteiger partial charge >= 0.3 is 0 Å². The van der Waals surface area contributed by atoms with E-state index in [2.05, 4.69) is 20.4 Å². The largest absolute Gasteiger partial charge is 0.347 e. The lowest BCUT2D eigenvalue weighted by molar-refractivity contribution is -0.121. The maximum atomic E-state index is 11.9. The number of carbonyl (C=O) groups excluding carboxylic acids is 1. The monoisotopic (exact) mass is 344 g/mol. The molecule has 0 bridgehead atoms. The zero-order valence-electron chi connectivity index (χ0n) is 13.0. The summed E-state index contributed by atoms with van der Waals surface area (Å²) in [6.45, 7) is 2.18. The van der Waals surface area contributed by atoms with E-state index in [0.717, 1.165) is 0 Å². The van der Waals surface area contributed by atoms with Crippen LogP contribution in [0.3, 0.4) is 0 Å². The van der Waals surface area contributed by atoms with Gasteiger partial charge in [-0.15, -0.1) is 11.3 Å². The molecule has 1 amide bonds. The summed E-state index contributed by atoms with van der Waals surface area (Å²) in [7, 11) is 0. The Kier molecular flexibility index (Phi) is 4.85. The van der Waals surface area contributed by atoms with Gasteiger partial charge in [-0.25, -0.2) is 0 Å². The Balaban J connectivity index is 1.54. The minimum atomic E-state index is -0.291. The number of rotatable bonds is 6. The van der Waals surface area contributed by atoms with Crippen molar-refractivity contribution in [2.24, 2.45) is 0 Å². The van der Waals surface area contributed by atoms with Crippen molar-refractivity contribution in [3.05, 3.63) is 56.5 Å². The molecular formula is C16H16N4O3S. The number of amides is 1. The van der Waals surface area contributed by atoms with E-state index in [-0.39, 0.29) is 29.7 Å². The number of hydrogen-bond acceptors (Lipinski definition) is 6. The summed E-state index contributed by atoms with van der Waals surface area (Å²) in [5, 5.41) is 8.53. The molecule has 0 spiro atoms. The minimum Gasteiger partial charge on any atom is -0.347 e. The number of nitrogens with one attached hydrogen (secondary N) is 2. The molecule has 3 heterocycles. The van der Waals surface area contributed by atoms with Crippen molar-refractivity contribution >= 4 is 17.2 Å². The summed E-state index contributed by atoms with van der Waals surface area (Å²) in [4.78, 5) is 31.5. The second-order valence-electron chi connectivity index (χ2n) is 5.23. The highest BCUT2D eigenvalue weighted by atomic mass is 32.1. The van der Waals surface area contributed by atoms with Crippen molar-refractivity contribution < 1.29 is 9.32 Å². The molecule has 0 fully saturated rings. The van der Waals surface area contributed by atoms with Crippen molar-refractivity contribution in [1.29, 1.82) is 0 Å². The fourth-order valence-corrected chi connectivity index (χ4v) is 3.09. The third kappa shape index (κ3) is 3.77. The number of pyridine rings is 1. The molecule has 3 rings (SSSR count). The van der Waals surface area contributed by atoms with Gasteiger partial charge < -0.3 is 14.8 Å². The summed E-state index contributed by atoms with van der Waals surface area (Å²) in [5.41, 5.74) is 1.25. The van der Waals surface area contributed by atoms with E-state index in [4.69, 9.17) is 4.52 Å². The minimum absolute atomic E-state index is 0.0832. The first-order valence-electron chi connectivity index (χ1n) is 7.44. The molecule has 7 nitrogen and oxygen atoms in total. The summed E-state index contributed by atoms with van der Waals surface area (Å²) in [6, 6.07) is 5.33. The number of H-pyrrole nitrogens is 1. The van der Waals surface area contributed by atoms with Gasteiger partial charge in [0, 0.05) is 17.5 Å². The van der Waals surface area contributed by atoms with Crippen LogP contribution in [0.5, 0.6) is 0 Å². The second-order valence-corrected chi connectivity index (χ2v) is 6.23. The maximum absolute atomic E-state index is 11.9. The number of aryl methyl sites for hydroxylation is 2. The van der Waals surface area contributed by atoms with Gasteiger partial charge in [-0.1, -0.05) is 5.16 Å². The first-order chi connectivity index (χ1) is 11.6. The van der Waals surface area contributed by atoms with Crippen LogP contribution in [0.1, 0.15) is 22.8 Å². The van der Waals surface area contributed by atoms with Crippen molar-refractivity contribution in [2.75, 3.05) is 0 Å². The first-order valence-corrected chi connectivity index (χ1v) is 8.32. The Hall–Kier alpha value is -2.74. The van der Waals surface area contributed by atoms with E-state index in [0.29, 0.717) is 18.4 Å². The van der Waals surface area contributed by atoms with Gasteiger partial charge in [0.25, 0.3) is 5.56 Å². The van der Waals surface area contributed by atoms with Gasteiger partial charge in [-0.2, -0.15) is 4.98 Å². The summed E-state index contributed by atoms with van der Waals surface area (Å²) >= 11 is 1.65. The first kappa shape index (κ1) is 16.1. The highest BCUT2D eigenvalue weighted by molar-refractivity contribution is 7.10. The third-order valence-corrected chi connectivity index (χ3v) is 4.59. The average Bonchev–Trinajstić information content (AvgIpc) is 3.20. The van der Waals surface area contributed by atoms with E-state index in [1.807, 2.05) is 18.4 Å². The molecule has 0 radical (unpaired) electrons. The number of aromatic nitrogens is 3. The lowest BCUT2D eigenvalue weighted by Crippen LogP contribution is -2.23. The van der Waals surface area contributed by atoms with Crippen LogP contribution in [-0.4, -0.2) is 21.0 Å². The predicted molar refractivity (Wildman–Crippen MR) is 89.6 cm³/mol. The van der Waals surface area contributed by atoms with Crippen molar-refractivity contribution in [1.82, 2.24) is 20.4 Å². The van der Waals surface area contributed by atoms with Crippen LogP contribution >= 0.6 is 11.3 Å². The van der Waals surface area contributed by atoms with E-state index in [9.17, 15) is 9.59 Å². The van der Waals surface area contributed by atoms with Crippen LogP contribution in [0.25, 0.3) is 11.4 Å². The molecule has 3 aromatic rings. The Morgan fingerprint density at radius 3 is 3.04 bits per heavy atom. The van der Waals surface area contributed by atoms with Gasteiger partial charge in [0.05, 0.1) is 12.1 Å². The number of hydrogen-bond donors (Lipinski definition) is 2. The normalized spacial score (nSPS) is 10.7. The highest BCUT2D eigenvalue weighted by Gasteiger charge is 2.12. The lowest BCUT2D eigenvalue weighted by Gasteiger charge is -2.02. The SMILES string of the molecule is Cc1ccsc1CCC(=O)NCc1nc(-c2ccc[nH]c2=O)no1. The maximum Gasteiger partial charge on any atom is 0.259 e. The third-order valence-electron chi connectivity index (χ3n) is 3.51. The predicted octanol–water partition coefficient (Wildman–Crippen LogP) is 2.04. The smallest absolute Gasteiger partial charge is 0.259 e. The molecule has 8 heteroatoms. The topological polar surface area (TPSA) is 101 Å².